The number of carbonyl (C=O) groups is 1. The third-order valence-corrected chi connectivity index (χ3v) is 5.26. The molecule has 0 aliphatic carbocycles. The minimum atomic E-state index is -0.652. The second-order valence-corrected chi connectivity index (χ2v) is 7.21. The normalized spacial score (nSPS) is 17.3. The van der Waals surface area contributed by atoms with Gasteiger partial charge in [-0.15, -0.1) is 0 Å². The highest BCUT2D eigenvalue weighted by Crippen LogP contribution is 2.39. The van der Waals surface area contributed by atoms with Crippen molar-refractivity contribution in [3.05, 3.63) is 93.4 Å². The van der Waals surface area contributed by atoms with Crippen molar-refractivity contribution in [3.8, 4) is 5.75 Å². The van der Waals surface area contributed by atoms with E-state index in [0.29, 0.717) is 6.54 Å². The van der Waals surface area contributed by atoms with Gasteiger partial charge in [0.2, 0.25) is 5.43 Å². The highest BCUT2D eigenvalue weighted by atomic mass is 16.3. The molecule has 2 atom stereocenters. The van der Waals surface area contributed by atoms with Crippen molar-refractivity contribution >= 4 is 5.91 Å². The van der Waals surface area contributed by atoms with Crippen molar-refractivity contribution in [3.63, 3.8) is 0 Å². The Labute approximate surface area is 162 Å². The summed E-state index contributed by atoms with van der Waals surface area (Å²) < 4.78 is 1.51. The Bertz CT molecular complexity index is 1090. The van der Waals surface area contributed by atoms with Gasteiger partial charge in [0.05, 0.1) is 12.2 Å². The molecule has 28 heavy (non-hydrogen) atoms. The maximum absolute atomic E-state index is 12.7. The van der Waals surface area contributed by atoms with Crippen LogP contribution in [0.4, 0.5) is 0 Å². The number of hydrogen-bond donors (Lipinski definition) is 1. The zero-order valence-corrected chi connectivity index (χ0v) is 15.7. The topological polar surface area (TPSA) is 75.4 Å². The van der Waals surface area contributed by atoms with E-state index in [1.807, 2.05) is 49.4 Å². The van der Waals surface area contributed by atoms with Crippen LogP contribution in [0.15, 0.2) is 65.6 Å². The molecule has 0 saturated heterocycles. The van der Waals surface area contributed by atoms with Crippen LogP contribution in [0.3, 0.4) is 0 Å². The van der Waals surface area contributed by atoms with Crippen molar-refractivity contribution in [1.82, 2.24) is 14.7 Å². The summed E-state index contributed by atoms with van der Waals surface area (Å²) in [6, 6.07) is 18.0. The van der Waals surface area contributed by atoms with E-state index in [1.54, 1.807) is 7.05 Å². The molecule has 2 unspecified atom stereocenters. The van der Waals surface area contributed by atoms with Crippen molar-refractivity contribution in [2.75, 3.05) is 13.6 Å². The molecule has 0 saturated carbocycles. The number of rotatable bonds is 3. The first-order valence-electron chi connectivity index (χ1n) is 9.15. The molecule has 142 valence electrons. The lowest BCUT2D eigenvalue weighted by atomic mass is 9.83. The lowest BCUT2D eigenvalue weighted by Gasteiger charge is -2.37. The molecule has 1 N–H and O–H groups in total. The van der Waals surface area contributed by atoms with E-state index >= 15 is 0 Å². The third-order valence-electron chi connectivity index (χ3n) is 5.26. The number of aromatic nitrogens is 2. The number of likely N-dealkylation sites (N-methyl/N-ethyl adjacent to an activating group) is 1. The molecule has 2 aromatic carbocycles. The summed E-state index contributed by atoms with van der Waals surface area (Å²) in [6.45, 7) is 2.45. The Kier molecular flexibility index (Phi) is 4.47. The lowest BCUT2D eigenvalue weighted by Crippen LogP contribution is -2.45. The fourth-order valence-electron chi connectivity index (χ4n) is 3.94. The summed E-state index contributed by atoms with van der Waals surface area (Å²) >= 11 is 0. The molecular formula is C22H21N3O3. The van der Waals surface area contributed by atoms with Gasteiger partial charge in [0, 0.05) is 19.5 Å². The minimum absolute atomic E-state index is 0.0557. The molecule has 0 bridgehead atoms. The summed E-state index contributed by atoms with van der Waals surface area (Å²) in [4.78, 5) is 26.1. The highest BCUT2D eigenvalue weighted by molar-refractivity contribution is 5.95. The SMILES string of the molecule is Cc1cccc(C(c2ccccc2)C2CN(C)C(=O)c3c(O)c(=O)cnn32)c1. The van der Waals surface area contributed by atoms with Gasteiger partial charge >= 0.3 is 0 Å². The molecule has 3 aromatic rings. The molecular weight excluding hydrogens is 354 g/mol. The lowest BCUT2D eigenvalue weighted by molar-refractivity contribution is 0.0686. The maximum Gasteiger partial charge on any atom is 0.275 e. The van der Waals surface area contributed by atoms with Gasteiger partial charge in [0.1, 0.15) is 0 Å². The number of aryl methyl sites for hydroxylation is 1. The second kappa shape index (κ2) is 6.96. The van der Waals surface area contributed by atoms with Gasteiger partial charge in [-0.1, -0.05) is 60.2 Å². The Morgan fingerprint density at radius 1 is 1.07 bits per heavy atom. The molecule has 1 aliphatic heterocycles. The van der Waals surface area contributed by atoms with Crippen LogP contribution in [-0.2, 0) is 0 Å². The number of hydrogen-bond acceptors (Lipinski definition) is 4. The number of benzene rings is 2. The molecule has 1 aromatic heterocycles. The molecule has 6 nitrogen and oxygen atoms in total. The van der Waals surface area contributed by atoms with Crippen molar-refractivity contribution in [2.45, 2.75) is 18.9 Å². The summed E-state index contributed by atoms with van der Waals surface area (Å²) in [7, 11) is 1.67. The van der Waals surface area contributed by atoms with E-state index in [9.17, 15) is 14.7 Å². The van der Waals surface area contributed by atoms with Crippen LogP contribution in [0.25, 0.3) is 0 Å². The Morgan fingerprint density at radius 3 is 2.50 bits per heavy atom. The Hall–Kier alpha value is -3.41. The predicted octanol–water partition coefficient (Wildman–Crippen LogP) is 2.72. The van der Waals surface area contributed by atoms with Crippen molar-refractivity contribution in [1.29, 1.82) is 0 Å². The van der Waals surface area contributed by atoms with E-state index in [-0.39, 0.29) is 17.7 Å². The van der Waals surface area contributed by atoms with Crippen LogP contribution in [0, 0.1) is 6.92 Å². The quantitative estimate of drug-likeness (QED) is 0.764. The van der Waals surface area contributed by atoms with E-state index < -0.39 is 17.1 Å². The average molecular weight is 375 g/mol. The van der Waals surface area contributed by atoms with Gasteiger partial charge in [0.15, 0.2) is 11.4 Å². The molecule has 6 heteroatoms. The van der Waals surface area contributed by atoms with Crippen LogP contribution in [-0.4, -0.2) is 39.3 Å². The minimum Gasteiger partial charge on any atom is -0.502 e. The monoisotopic (exact) mass is 375 g/mol. The van der Waals surface area contributed by atoms with Gasteiger partial charge in [-0.2, -0.15) is 5.10 Å². The molecule has 1 amide bonds. The fraction of sp³-hybridized carbons (Fsp3) is 0.227. The zero-order chi connectivity index (χ0) is 19.8. The van der Waals surface area contributed by atoms with Gasteiger partial charge in [-0.3, -0.25) is 14.3 Å². The third kappa shape index (κ3) is 2.97. The summed E-state index contributed by atoms with van der Waals surface area (Å²) in [5.74, 6) is -1.06. The highest BCUT2D eigenvalue weighted by Gasteiger charge is 2.38. The molecule has 2 heterocycles. The number of nitrogens with zero attached hydrogens (tertiary/aromatic N) is 3. The van der Waals surface area contributed by atoms with Gasteiger partial charge < -0.3 is 10.0 Å². The van der Waals surface area contributed by atoms with Crippen LogP contribution in [0.2, 0.25) is 0 Å². The van der Waals surface area contributed by atoms with Crippen LogP contribution in [0.1, 0.15) is 39.1 Å². The van der Waals surface area contributed by atoms with Gasteiger partial charge in [-0.25, -0.2) is 0 Å². The maximum atomic E-state index is 12.7. The molecule has 0 radical (unpaired) electrons. The first-order chi connectivity index (χ1) is 13.5. The zero-order valence-electron chi connectivity index (χ0n) is 15.7. The van der Waals surface area contributed by atoms with E-state index in [2.05, 4.69) is 17.2 Å². The number of fused-ring (bicyclic) bond motifs is 1. The van der Waals surface area contributed by atoms with Crippen LogP contribution >= 0.6 is 0 Å². The van der Waals surface area contributed by atoms with E-state index in [4.69, 9.17) is 0 Å². The summed E-state index contributed by atoms with van der Waals surface area (Å²) in [5, 5.41) is 14.5. The summed E-state index contributed by atoms with van der Waals surface area (Å²) in [5.41, 5.74) is 2.59. The van der Waals surface area contributed by atoms with Crippen LogP contribution < -0.4 is 5.43 Å². The number of carbonyl (C=O) groups excluding carboxylic acids is 1. The fourth-order valence-corrected chi connectivity index (χ4v) is 3.94. The molecule has 0 fully saturated rings. The molecule has 1 aliphatic rings. The number of amides is 1. The predicted molar refractivity (Wildman–Crippen MR) is 106 cm³/mol. The standard InChI is InChI=1S/C22H21N3O3/c1-14-7-6-10-16(11-14)19(15-8-4-3-5-9-15)17-13-24(2)22(28)20-21(27)18(26)12-23-25(17)20/h3-12,17,19,27H,13H2,1-2H3. The number of aromatic hydroxyl groups is 1. The Morgan fingerprint density at radius 2 is 1.79 bits per heavy atom. The smallest absolute Gasteiger partial charge is 0.275 e. The van der Waals surface area contributed by atoms with Crippen molar-refractivity contribution < 1.29 is 9.90 Å². The average Bonchev–Trinajstić information content (AvgIpc) is 2.69. The van der Waals surface area contributed by atoms with E-state index in [1.165, 1.54) is 9.58 Å². The molecule has 0 spiro atoms. The van der Waals surface area contributed by atoms with Gasteiger partial charge in [-0.05, 0) is 18.1 Å². The first-order valence-corrected chi connectivity index (χ1v) is 9.15. The second-order valence-electron chi connectivity index (χ2n) is 7.21. The van der Waals surface area contributed by atoms with E-state index in [0.717, 1.165) is 22.9 Å². The summed E-state index contributed by atoms with van der Waals surface area (Å²) in [6.07, 6.45) is 1.07. The van der Waals surface area contributed by atoms with Crippen molar-refractivity contribution in [2.24, 2.45) is 0 Å². The first kappa shape index (κ1) is 18.0. The molecule has 4 rings (SSSR count). The Balaban J connectivity index is 1.95. The van der Waals surface area contributed by atoms with Gasteiger partial charge in [0.25, 0.3) is 5.91 Å². The van der Waals surface area contributed by atoms with Crippen LogP contribution in [0.5, 0.6) is 5.75 Å². The largest absolute Gasteiger partial charge is 0.502 e.